The fourth-order valence-electron chi connectivity index (χ4n) is 4.25. The molecule has 198 valence electrons. The van der Waals surface area contributed by atoms with Crippen molar-refractivity contribution < 1.29 is 9.47 Å². The van der Waals surface area contributed by atoms with Gasteiger partial charge in [0.05, 0.1) is 32.8 Å². The minimum atomic E-state index is 0.408. The van der Waals surface area contributed by atoms with Crippen molar-refractivity contribution in [3.63, 3.8) is 0 Å². The molecule has 39 heavy (non-hydrogen) atoms. The number of nitrogens with one attached hydrogen (secondary N) is 2. The molecule has 10 nitrogen and oxygen atoms in total. The van der Waals surface area contributed by atoms with Gasteiger partial charge in [0.2, 0.25) is 5.95 Å². The van der Waals surface area contributed by atoms with Gasteiger partial charge in [-0.05, 0) is 84.4 Å². The van der Waals surface area contributed by atoms with Gasteiger partial charge in [0, 0.05) is 11.4 Å². The number of methoxy groups -OCH3 is 2. The van der Waals surface area contributed by atoms with Gasteiger partial charge in [0.25, 0.3) is 0 Å². The van der Waals surface area contributed by atoms with E-state index in [0.29, 0.717) is 40.9 Å². The van der Waals surface area contributed by atoms with Crippen LogP contribution < -0.4 is 31.6 Å². The van der Waals surface area contributed by atoms with E-state index in [9.17, 15) is 0 Å². The van der Waals surface area contributed by atoms with Crippen LogP contribution in [0, 0.1) is 6.92 Å². The topological polar surface area (TPSA) is 138 Å². The van der Waals surface area contributed by atoms with Crippen LogP contribution in [0.15, 0.2) is 73.2 Å². The first kappa shape index (κ1) is 25.4. The second kappa shape index (κ2) is 11.0. The third kappa shape index (κ3) is 5.54. The molecule has 0 saturated heterocycles. The Bertz CT molecular complexity index is 1630. The fraction of sp³-hybridized carbons (Fsp3) is 0.138. The number of fused-ring (bicyclic) bond motifs is 1. The lowest BCUT2D eigenvalue weighted by Crippen LogP contribution is -2.06. The Kier molecular flexibility index (Phi) is 7.17. The standard InChI is InChI=1S/C29H30N8O2/c1-18-14-20(12-13-30)15-24(39-3)25(18)34-27-26-28(36-29(35-27)33-22-8-6-21(31)7-9-22)37(17-32-26)16-19-4-10-23(38-2)11-5-19/h4-15,17H,16,30-31H2,1-3H3,(H2,33,34,35,36)/b13-12+. The lowest BCUT2D eigenvalue weighted by molar-refractivity contribution is 0.414. The summed E-state index contributed by atoms with van der Waals surface area (Å²) in [7, 11) is 3.28. The molecule has 5 aromatic rings. The van der Waals surface area contributed by atoms with Crippen LogP contribution in [-0.4, -0.2) is 33.7 Å². The molecule has 0 spiro atoms. The van der Waals surface area contributed by atoms with E-state index in [4.69, 9.17) is 30.9 Å². The normalized spacial score (nSPS) is 11.2. The van der Waals surface area contributed by atoms with E-state index in [1.807, 2.05) is 78.2 Å². The number of aromatic nitrogens is 4. The summed E-state index contributed by atoms with van der Waals surface area (Å²) >= 11 is 0. The Morgan fingerprint density at radius 1 is 0.949 bits per heavy atom. The lowest BCUT2D eigenvalue weighted by atomic mass is 10.1. The van der Waals surface area contributed by atoms with Crippen LogP contribution in [0.1, 0.15) is 16.7 Å². The molecule has 2 aromatic heterocycles. The maximum absolute atomic E-state index is 5.86. The van der Waals surface area contributed by atoms with E-state index < -0.39 is 0 Å². The summed E-state index contributed by atoms with van der Waals surface area (Å²) in [5.74, 6) is 2.40. The van der Waals surface area contributed by atoms with Crippen molar-refractivity contribution in [1.82, 2.24) is 19.5 Å². The van der Waals surface area contributed by atoms with E-state index in [0.717, 1.165) is 33.8 Å². The SMILES string of the molecule is COc1ccc(Cn2cnc3c(Nc4c(C)cc(/C=C/N)cc4OC)nc(Nc4ccc(N)cc4)nc32)cc1. The molecule has 0 aliphatic rings. The van der Waals surface area contributed by atoms with Crippen molar-refractivity contribution in [3.8, 4) is 11.5 Å². The molecule has 0 bridgehead atoms. The smallest absolute Gasteiger partial charge is 0.231 e. The summed E-state index contributed by atoms with van der Waals surface area (Å²) in [4.78, 5) is 14.3. The number of benzene rings is 3. The van der Waals surface area contributed by atoms with Gasteiger partial charge in [-0.15, -0.1) is 0 Å². The number of hydrogen-bond donors (Lipinski definition) is 4. The summed E-state index contributed by atoms with van der Waals surface area (Å²) in [6.45, 7) is 2.56. The third-order valence-corrected chi connectivity index (χ3v) is 6.22. The van der Waals surface area contributed by atoms with Crippen molar-refractivity contribution in [3.05, 3.63) is 89.9 Å². The quantitative estimate of drug-likeness (QED) is 0.192. The molecule has 0 fully saturated rings. The highest BCUT2D eigenvalue weighted by Gasteiger charge is 2.17. The van der Waals surface area contributed by atoms with Crippen molar-refractivity contribution in [2.75, 3.05) is 30.6 Å². The zero-order valence-electron chi connectivity index (χ0n) is 22.0. The molecule has 0 aliphatic heterocycles. The fourth-order valence-corrected chi connectivity index (χ4v) is 4.25. The molecule has 0 amide bonds. The number of anilines is 5. The number of aryl methyl sites for hydroxylation is 1. The van der Waals surface area contributed by atoms with Gasteiger partial charge in [-0.3, -0.25) is 0 Å². The van der Waals surface area contributed by atoms with Crippen LogP contribution in [-0.2, 0) is 6.54 Å². The van der Waals surface area contributed by atoms with Gasteiger partial charge in [-0.1, -0.05) is 12.1 Å². The Morgan fingerprint density at radius 2 is 1.72 bits per heavy atom. The largest absolute Gasteiger partial charge is 0.497 e. The monoisotopic (exact) mass is 522 g/mol. The van der Waals surface area contributed by atoms with Crippen molar-refractivity contribution in [2.45, 2.75) is 13.5 Å². The summed E-state index contributed by atoms with van der Waals surface area (Å²) in [6, 6.07) is 19.2. The number of ether oxygens (including phenoxy) is 2. The van der Waals surface area contributed by atoms with Gasteiger partial charge in [0.15, 0.2) is 17.0 Å². The maximum Gasteiger partial charge on any atom is 0.231 e. The Labute approximate surface area is 226 Å². The van der Waals surface area contributed by atoms with Crippen LogP contribution in [0.5, 0.6) is 11.5 Å². The minimum Gasteiger partial charge on any atom is -0.497 e. The Balaban J connectivity index is 1.58. The highest BCUT2D eigenvalue weighted by molar-refractivity contribution is 5.88. The molecule has 3 aromatic carbocycles. The average Bonchev–Trinajstić information content (AvgIpc) is 3.34. The number of hydrogen-bond acceptors (Lipinski definition) is 9. The summed E-state index contributed by atoms with van der Waals surface area (Å²) < 4.78 is 13.0. The molecule has 2 heterocycles. The molecule has 0 atom stereocenters. The molecule has 0 unspecified atom stereocenters. The van der Waals surface area contributed by atoms with Crippen LogP contribution in [0.2, 0.25) is 0 Å². The minimum absolute atomic E-state index is 0.408. The molecule has 0 aliphatic carbocycles. The number of imidazole rings is 1. The van der Waals surface area contributed by atoms with Gasteiger partial charge in [0.1, 0.15) is 11.5 Å². The number of nitrogens with two attached hydrogens (primary N) is 2. The highest BCUT2D eigenvalue weighted by Crippen LogP contribution is 2.35. The van der Waals surface area contributed by atoms with Gasteiger partial charge < -0.3 is 36.1 Å². The van der Waals surface area contributed by atoms with E-state index >= 15 is 0 Å². The molecule has 6 N–H and O–H groups in total. The van der Waals surface area contributed by atoms with Gasteiger partial charge in [-0.25, -0.2) is 4.98 Å². The van der Waals surface area contributed by atoms with Crippen LogP contribution in [0.25, 0.3) is 17.2 Å². The zero-order chi connectivity index (χ0) is 27.4. The Hall–Kier alpha value is -5.25. The first-order valence-electron chi connectivity index (χ1n) is 12.3. The number of nitrogen functional groups attached to an aromatic ring is 1. The Morgan fingerprint density at radius 3 is 2.41 bits per heavy atom. The second-order valence-corrected chi connectivity index (χ2v) is 8.93. The molecular weight excluding hydrogens is 492 g/mol. The summed E-state index contributed by atoms with van der Waals surface area (Å²) in [5.41, 5.74) is 18.0. The maximum atomic E-state index is 5.86. The second-order valence-electron chi connectivity index (χ2n) is 8.93. The molecule has 5 rings (SSSR count). The van der Waals surface area contributed by atoms with Crippen LogP contribution >= 0.6 is 0 Å². The lowest BCUT2D eigenvalue weighted by Gasteiger charge is -2.16. The van der Waals surface area contributed by atoms with Crippen molar-refractivity contribution >= 4 is 46.1 Å². The van der Waals surface area contributed by atoms with E-state index in [-0.39, 0.29) is 0 Å². The van der Waals surface area contributed by atoms with Gasteiger partial charge >= 0.3 is 0 Å². The highest BCUT2D eigenvalue weighted by atomic mass is 16.5. The zero-order valence-corrected chi connectivity index (χ0v) is 22.0. The summed E-state index contributed by atoms with van der Waals surface area (Å²) in [6.07, 6.45) is 5.08. The van der Waals surface area contributed by atoms with Crippen LogP contribution in [0.3, 0.4) is 0 Å². The van der Waals surface area contributed by atoms with Crippen molar-refractivity contribution in [1.29, 1.82) is 0 Å². The average molecular weight is 523 g/mol. The third-order valence-electron chi connectivity index (χ3n) is 6.22. The van der Waals surface area contributed by atoms with E-state index in [2.05, 4.69) is 15.6 Å². The molecule has 0 saturated carbocycles. The predicted octanol–water partition coefficient (Wildman–Crippen LogP) is 5.20. The first-order valence-corrected chi connectivity index (χ1v) is 12.3. The first-order chi connectivity index (χ1) is 19.0. The predicted molar refractivity (Wildman–Crippen MR) is 156 cm³/mol. The van der Waals surface area contributed by atoms with E-state index in [1.165, 1.54) is 6.20 Å². The van der Waals surface area contributed by atoms with Crippen molar-refractivity contribution in [2.24, 2.45) is 5.73 Å². The molecule has 10 heteroatoms. The van der Waals surface area contributed by atoms with E-state index in [1.54, 1.807) is 20.5 Å². The van der Waals surface area contributed by atoms with Crippen LogP contribution in [0.4, 0.5) is 28.8 Å². The van der Waals surface area contributed by atoms with Gasteiger partial charge in [-0.2, -0.15) is 9.97 Å². The number of nitrogens with zero attached hydrogens (tertiary/aromatic N) is 4. The molecule has 0 radical (unpaired) electrons. The number of rotatable bonds is 9. The molecular formula is C29H30N8O2. The summed E-state index contributed by atoms with van der Waals surface area (Å²) in [5, 5.41) is 6.73.